The lowest BCUT2D eigenvalue weighted by atomic mass is 9.88. The summed E-state index contributed by atoms with van der Waals surface area (Å²) in [6.07, 6.45) is 2.89. The Balaban J connectivity index is 1.91. The third kappa shape index (κ3) is 2.66. The molecule has 0 saturated carbocycles. The standard InChI is InChI=1S/C21H18N2O2S/c1-25-16-7-4-6-15(12-16)23-21(14-24,20-10-5-11-26-20)18-13-22-19-9-3-2-8-17(18)19/h2-14,22-23H,1H3. The second-order valence-electron chi connectivity index (χ2n) is 6.01. The van der Waals surface area contributed by atoms with Gasteiger partial charge in [-0.3, -0.25) is 4.79 Å². The molecule has 0 aliphatic rings. The van der Waals surface area contributed by atoms with Crippen molar-refractivity contribution in [2.45, 2.75) is 5.54 Å². The SMILES string of the molecule is COc1cccc(NC(C=O)(c2cccs2)c2c[nH]c3ccccc23)c1. The number of aldehydes is 1. The Morgan fingerprint density at radius 3 is 2.77 bits per heavy atom. The first-order valence-electron chi connectivity index (χ1n) is 8.26. The zero-order valence-electron chi connectivity index (χ0n) is 14.2. The van der Waals surface area contributed by atoms with Crippen molar-refractivity contribution in [1.29, 1.82) is 0 Å². The molecule has 2 heterocycles. The first-order valence-corrected chi connectivity index (χ1v) is 9.14. The van der Waals surface area contributed by atoms with E-state index in [2.05, 4.69) is 10.3 Å². The van der Waals surface area contributed by atoms with E-state index in [9.17, 15) is 4.79 Å². The van der Waals surface area contributed by atoms with Gasteiger partial charge in [0.2, 0.25) is 0 Å². The maximum absolute atomic E-state index is 12.5. The third-order valence-corrected chi connectivity index (χ3v) is 5.52. The number of carbonyl (C=O) groups excluding carboxylic acids is 1. The van der Waals surface area contributed by atoms with E-state index in [0.29, 0.717) is 0 Å². The minimum absolute atomic E-state index is 0.736. The highest BCUT2D eigenvalue weighted by Crippen LogP contribution is 2.38. The van der Waals surface area contributed by atoms with Crippen LogP contribution in [0.2, 0.25) is 0 Å². The van der Waals surface area contributed by atoms with Gasteiger partial charge in [0.05, 0.1) is 7.11 Å². The number of aromatic amines is 1. The molecule has 0 aliphatic carbocycles. The average Bonchev–Trinajstić information content (AvgIpc) is 3.37. The number of thiophene rings is 1. The van der Waals surface area contributed by atoms with Gasteiger partial charge < -0.3 is 15.0 Å². The van der Waals surface area contributed by atoms with Crippen LogP contribution in [0.4, 0.5) is 5.69 Å². The topological polar surface area (TPSA) is 54.1 Å². The van der Waals surface area contributed by atoms with E-state index in [1.807, 2.05) is 72.2 Å². The second kappa shape index (κ2) is 6.69. The number of aromatic nitrogens is 1. The Kier molecular flexibility index (Phi) is 4.22. The molecule has 2 aromatic carbocycles. The second-order valence-corrected chi connectivity index (χ2v) is 6.96. The van der Waals surface area contributed by atoms with Crippen LogP contribution in [0.3, 0.4) is 0 Å². The number of nitrogens with one attached hydrogen (secondary N) is 2. The molecule has 0 radical (unpaired) electrons. The molecule has 0 spiro atoms. The first-order chi connectivity index (χ1) is 12.8. The number of fused-ring (bicyclic) bond motifs is 1. The predicted octanol–water partition coefficient (Wildman–Crippen LogP) is 4.79. The molecule has 1 atom stereocenters. The normalized spacial score (nSPS) is 13.3. The van der Waals surface area contributed by atoms with Crippen LogP contribution in [0.15, 0.2) is 72.2 Å². The third-order valence-electron chi connectivity index (χ3n) is 4.51. The van der Waals surface area contributed by atoms with E-state index in [4.69, 9.17) is 4.74 Å². The maximum atomic E-state index is 12.5. The van der Waals surface area contributed by atoms with E-state index in [1.165, 1.54) is 0 Å². The summed E-state index contributed by atoms with van der Waals surface area (Å²) in [7, 11) is 1.63. The summed E-state index contributed by atoms with van der Waals surface area (Å²) in [6, 6.07) is 19.5. The van der Waals surface area contributed by atoms with Crippen LogP contribution in [-0.4, -0.2) is 18.4 Å². The summed E-state index contributed by atoms with van der Waals surface area (Å²) >= 11 is 1.55. The number of hydrogen-bond acceptors (Lipinski definition) is 4. The maximum Gasteiger partial charge on any atom is 0.156 e. The van der Waals surface area contributed by atoms with Crippen molar-refractivity contribution >= 4 is 34.2 Å². The van der Waals surface area contributed by atoms with Crippen molar-refractivity contribution in [2.75, 3.05) is 12.4 Å². The molecule has 26 heavy (non-hydrogen) atoms. The lowest BCUT2D eigenvalue weighted by Gasteiger charge is -2.29. The number of hydrogen-bond donors (Lipinski definition) is 2. The minimum Gasteiger partial charge on any atom is -0.497 e. The van der Waals surface area contributed by atoms with Gasteiger partial charge in [0.1, 0.15) is 5.75 Å². The summed E-state index contributed by atoms with van der Waals surface area (Å²) in [5.41, 5.74) is 1.72. The smallest absolute Gasteiger partial charge is 0.156 e. The van der Waals surface area contributed by atoms with Gasteiger partial charge >= 0.3 is 0 Å². The Morgan fingerprint density at radius 1 is 1.12 bits per heavy atom. The Labute approximate surface area is 155 Å². The number of methoxy groups -OCH3 is 1. The number of carbonyl (C=O) groups is 1. The molecule has 4 rings (SSSR count). The number of H-pyrrole nitrogens is 1. The summed E-state index contributed by atoms with van der Waals surface area (Å²) in [4.78, 5) is 16.7. The molecular weight excluding hydrogens is 344 g/mol. The van der Waals surface area contributed by atoms with Crippen molar-refractivity contribution in [2.24, 2.45) is 0 Å². The Bertz CT molecular complexity index is 1040. The molecule has 0 saturated heterocycles. The van der Waals surface area contributed by atoms with E-state index in [0.717, 1.165) is 39.1 Å². The van der Waals surface area contributed by atoms with Crippen molar-refractivity contribution in [3.05, 3.63) is 82.7 Å². The predicted molar refractivity (Wildman–Crippen MR) is 106 cm³/mol. The molecule has 0 fully saturated rings. The molecule has 0 amide bonds. The van der Waals surface area contributed by atoms with Crippen LogP contribution in [0.5, 0.6) is 5.75 Å². The van der Waals surface area contributed by atoms with Gasteiger partial charge in [-0.2, -0.15) is 0 Å². The zero-order chi connectivity index (χ0) is 18.0. The lowest BCUT2D eigenvalue weighted by Crippen LogP contribution is -2.37. The van der Waals surface area contributed by atoms with Gasteiger partial charge in [-0.15, -0.1) is 11.3 Å². The van der Waals surface area contributed by atoms with Crippen LogP contribution < -0.4 is 10.1 Å². The van der Waals surface area contributed by atoms with Gasteiger partial charge in [0.15, 0.2) is 11.8 Å². The van der Waals surface area contributed by atoms with Crippen molar-refractivity contribution in [3.63, 3.8) is 0 Å². The van der Waals surface area contributed by atoms with Gasteiger partial charge in [-0.1, -0.05) is 30.3 Å². The fourth-order valence-electron chi connectivity index (χ4n) is 3.24. The molecule has 130 valence electrons. The number of benzene rings is 2. The van der Waals surface area contributed by atoms with E-state index < -0.39 is 5.54 Å². The molecule has 0 bridgehead atoms. The van der Waals surface area contributed by atoms with Gasteiger partial charge in [0.25, 0.3) is 0 Å². The Hall–Kier alpha value is -3.05. The first kappa shape index (κ1) is 16.4. The fourth-order valence-corrected chi connectivity index (χ4v) is 4.10. The highest BCUT2D eigenvalue weighted by molar-refractivity contribution is 7.10. The molecule has 5 heteroatoms. The molecule has 4 nitrogen and oxygen atoms in total. The van der Waals surface area contributed by atoms with Crippen LogP contribution in [0.25, 0.3) is 10.9 Å². The zero-order valence-corrected chi connectivity index (χ0v) is 15.0. The Morgan fingerprint density at radius 2 is 2.00 bits per heavy atom. The van der Waals surface area contributed by atoms with Crippen molar-refractivity contribution < 1.29 is 9.53 Å². The van der Waals surface area contributed by atoms with E-state index in [-0.39, 0.29) is 0 Å². The van der Waals surface area contributed by atoms with Crippen LogP contribution in [0.1, 0.15) is 10.4 Å². The van der Waals surface area contributed by atoms with Crippen molar-refractivity contribution in [1.82, 2.24) is 4.98 Å². The van der Waals surface area contributed by atoms with Crippen molar-refractivity contribution in [3.8, 4) is 5.75 Å². The molecule has 4 aromatic rings. The van der Waals surface area contributed by atoms with E-state index >= 15 is 0 Å². The summed E-state index contributed by atoms with van der Waals surface area (Å²) in [5, 5.41) is 6.46. The quantitative estimate of drug-likeness (QED) is 0.485. The van der Waals surface area contributed by atoms with E-state index in [1.54, 1.807) is 18.4 Å². The number of anilines is 1. The largest absolute Gasteiger partial charge is 0.497 e. The van der Waals surface area contributed by atoms with Gasteiger partial charge in [0, 0.05) is 39.3 Å². The lowest BCUT2D eigenvalue weighted by molar-refractivity contribution is -0.110. The fraction of sp³-hybridized carbons (Fsp3) is 0.0952. The molecule has 2 N–H and O–H groups in total. The minimum atomic E-state index is -0.986. The number of ether oxygens (including phenoxy) is 1. The van der Waals surface area contributed by atoms with Gasteiger partial charge in [-0.05, 0) is 29.6 Å². The van der Waals surface area contributed by atoms with Crippen LogP contribution in [-0.2, 0) is 10.3 Å². The van der Waals surface area contributed by atoms with Crippen LogP contribution in [0, 0.1) is 0 Å². The molecule has 1 unspecified atom stereocenters. The molecule has 2 aromatic heterocycles. The summed E-state index contributed by atoms with van der Waals surface area (Å²) < 4.78 is 5.32. The summed E-state index contributed by atoms with van der Waals surface area (Å²) in [5.74, 6) is 0.736. The highest BCUT2D eigenvalue weighted by atomic mass is 32.1. The van der Waals surface area contributed by atoms with Gasteiger partial charge in [-0.25, -0.2) is 0 Å². The molecular formula is C21H18N2O2S. The summed E-state index contributed by atoms with van der Waals surface area (Å²) in [6.45, 7) is 0. The molecule has 0 aliphatic heterocycles. The highest BCUT2D eigenvalue weighted by Gasteiger charge is 2.37. The number of para-hydroxylation sites is 1. The average molecular weight is 362 g/mol. The number of rotatable bonds is 6. The van der Waals surface area contributed by atoms with Crippen LogP contribution >= 0.6 is 11.3 Å². The monoisotopic (exact) mass is 362 g/mol.